The second-order valence-corrected chi connectivity index (χ2v) is 6.26. The minimum atomic E-state index is 0.980. The Hall–Kier alpha value is -1.32. The fraction of sp³-hybridized carbons (Fsp3) is 0.133. The van der Waals surface area contributed by atoms with Gasteiger partial charge in [0.2, 0.25) is 0 Å². The number of thioether (sulfide) groups is 1. The van der Waals surface area contributed by atoms with Crippen LogP contribution in [0.4, 0.5) is 0 Å². The summed E-state index contributed by atoms with van der Waals surface area (Å²) in [7, 11) is 0. The predicted octanol–water partition coefficient (Wildman–Crippen LogP) is 4.90. The highest BCUT2D eigenvalue weighted by Gasteiger charge is 2.03. The SMILES string of the molecule is Cc1csc(SCc2cccc3ccccc23)n1. The van der Waals surface area contributed by atoms with Crippen LogP contribution in [0.2, 0.25) is 0 Å². The smallest absolute Gasteiger partial charge is 0.150 e. The van der Waals surface area contributed by atoms with Gasteiger partial charge in [-0.2, -0.15) is 0 Å². The average molecular weight is 271 g/mol. The minimum absolute atomic E-state index is 0.980. The zero-order valence-corrected chi connectivity index (χ0v) is 11.7. The molecule has 0 radical (unpaired) electrons. The number of nitrogens with zero attached hydrogens (tertiary/aromatic N) is 1. The molecule has 0 aliphatic rings. The summed E-state index contributed by atoms with van der Waals surface area (Å²) in [4.78, 5) is 4.49. The van der Waals surface area contributed by atoms with Gasteiger partial charge in [-0.05, 0) is 23.3 Å². The third-order valence-electron chi connectivity index (χ3n) is 2.83. The van der Waals surface area contributed by atoms with Crippen molar-refractivity contribution >= 4 is 33.9 Å². The maximum Gasteiger partial charge on any atom is 0.150 e. The van der Waals surface area contributed by atoms with E-state index in [0.717, 1.165) is 15.8 Å². The number of hydrogen-bond donors (Lipinski definition) is 0. The summed E-state index contributed by atoms with van der Waals surface area (Å²) in [5, 5.41) is 4.76. The van der Waals surface area contributed by atoms with Crippen LogP contribution < -0.4 is 0 Å². The lowest BCUT2D eigenvalue weighted by molar-refractivity contribution is 1.16. The van der Waals surface area contributed by atoms with E-state index in [4.69, 9.17) is 0 Å². The number of benzene rings is 2. The lowest BCUT2D eigenvalue weighted by Crippen LogP contribution is -1.83. The minimum Gasteiger partial charge on any atom is -0.235 e. The van der Waals surface area contributed by atoms with E-state index < -0.39 is 0 Å². The van der Waals surface area contributed by atoms with Crippen LogP contribution in [0.15, 0.2) is 52.2 Å². The highest BCUT2D eigenvalue weighted by Crippen LogP contribution is 2.29. The maximum atomic E-state index is 4.49. The number of fused-ring (bicyclic) bond motifs is 1. The summed E-state index contributed by atoms with van der Waals surface area (Å²) in [6.07, 6.45) is 0. The van der Waals surface area contributed by atoms with Crippen molar-refractivity contribution in [1.82, 2.24) is 4.98 Å². The molecule has 1 aromatic heterocycles. The van der Waals surface area contributed by atoms with Gasteiger partial charge in [0.15, 0.2) is 0 Å². The van der Waals surface area contributed by atoms with Gasteiger partial charge in [-0.3, -0.25) is 0 Å². The van der Waals surface area contributed by atoms with Gasteiger partial charge in [0.05, 0.1) is 0 Å². The van der Waals surface area contributed by atoms with Gasteiger partial charge in [-0.1, -0.05) is 54.2 Å². The Balaban J connectivity index is 1.86. The van der Waals surface area contributed by atoms with Crippen LogP contribution in [0.1, 0.15) is 11.3 Å². The summed E-state index contributed by atoms with van der Waals surface area (Å²) < 4.78 is 1.15. The first-order valence-corrected chi connectivity index (χ1v) is 7.71. The van der Waals surface area contributed by atoms with Gasteiger partial charge in [0.25, 0.3) is 0 Å². The molecule has 2 aromatic carbocycles. The summed E-state index contributed by atoms with van der Waals surface area (Å²) in [5.41, 5.74) is 2.49. The maximum absolute atomic E-state index is 4.49. The summed E-state index contributed by atoms with van der Waals surface area (Å²) >= 11 is 3.54. The van der Waals surface area contributed by atoms with E-state index in [1.54, 1.807) is 11.3 Å². The summed E-state index contributed by atoms with van der Waals surface area (Å²) in [6, 6.07) is 15.0. The van der Waals surface area contributed by atoms with Crippen molar-refractivity contribution < 1.29 is 0 Å². The van der Waals surface area contributed by atoms with Crippen LogP contribution in [0.25, 0.3) is 10.8 Å². The molecule has 3 heteroatoms. The molecule has 0 atom stereocenters. The van der Waals surface area contributed by atoms with Crippen molar-refractivity contribution in [2.75, 3.05) is 0 Å². The Morgan fingerprint density at radius 3 is 2.78 bits per heavy atom. The number of rotatable bonds is 3. The van der Waals surface area contributed by atoms with Crippen LogP contribution in [0.5, 0.6) is 0 Å². The second kappa shape index (κ2) is 5.12. The molecule has 1 nitrogen and oxygen atoms in total. The number of aryl methyl sites for hydroxylation is 1. The summed E-state index contributed by atoms with van der Waals surface area (Å²) in [6.45, 7) is 2.04. The molecule has 3 rings (SSSR count). The van der Waals surface area contributed by atoms with E-state index >= 15 is 0 Å². The van der Waals surface area contributed by atoms with Gasteiger partial charge in [-0.15, -0.1) is 11.3 Å². The van der Waals surface area contributed by atoms with E-state index in [9.17, 15) is 0 Å². The number of aromatic nitrogens is 1. The number of thiazole rings is 1. The lowest BCUT2D eigenvalue weighted by atomic mass is 10.1. The van der Waals surface area contributed by atoms with E-state index in [0.29, 0.717) is 0 Å². The van der Waals surface area contributed by atoms with Crippen molar-refractivity contribution in [2.45, 2.75) is 17.0 Å². The van der Waals surface area contributed by atoms with Gasteiger partial charge in [0, 0.05) is 16.8 Å². The molecule has 0 fully saturated rings. The fourth-order valence-corrected chi connectivity index (χ4v) is 3.81. The van der Waals surface area contributed by atoms with E-state index in [1.165, 1.54) is 16.3 Å². The molecule has 1 heterocycles. The van der Waals surface area contributed by atoms with Crippen molar-refractivity contribution in [3.8, 4) is 0 Å². The molecule has 0 saturated carbocycles. The fourth-order valence-electron chi connectivity index (χ4n) is 1.96. The molecule has 0 amide bonds. The van der Waals surface area contributed by atoms with E-state index in [2.05, 4.69) is 52.8 Å². The molecule has 0 saturated heterocycles. The van der Waals surface area contributed by atoms with Crippen LogP contribution in [0.3, 0.4) is 0 Å². The molecular formula is C15H13NS2. The zero-order chi connectivity index (χ0) is 12.4. The Labute approximate surface area is 115 Å². The van der Waals surface area contributed by atoms with Crippen molar-refractivity contribution in [3.05, 3.63) is 59.1 Å². The topological polar surface area (TPSA) is 12.9 Å². The molecule has 0 N–H and O–H groups in total. The van der Waals surface area contributed by atoms with Gasteiger partial charge < -0.3 is 0 Å². The predicted molar refractivity (Wildman–Crippen MR) is 80.4 cm³/mol. The van der Waals surface area contributed by atoms with Crippen molar-refractivity contribution in [1.29, 1.82) is 0 Å². The van der Waals surface area contributed by atoms with Crippen molar-refractivity contribution in [2.24, 2.45) is 0 Å². The third kappa shape index (κ3) is 2.42. The molecule has 0 aliphatic carbocycles. The Kier molecular flexibility index (Phi) is 3.35. The van der Waals surface area contributed by atoms with Gasteiger partial charge in [-0.25, -0.2) is 4.98 Å². The highest BCUT2D eigenvalue weighted by atomic mass is 32.2. The summed E-state index contributed by atoms with van der Waals surface area (Å²) in [5.74, 6) is 0.980. The normalized spacial score (nSPS) is 10.9. The quantitative estimate of drug-likeness (QED) is 0.629. The Morgan fingerprint density at radius 1 is 1.11 bits per heavy atom. The molecule has 0 unspecified atom stereocenters. The van der Waals surface area contributed by atoms with Gasteiger partial charge in [0.1, 0.15) is 4.34 Å². The molecule has 0 aliphatic heterocycles. The van der Waals surface area contributed by atoms with Crippen LogP contribution in [-0.2, 0) is 5.75 Å². The first kappa shape index (κ1) is 11.8. The molecule has 0 spiro atoms. The molecule has 90 valence electrons. The monoisotopic (exact) mass is 271 g/mol. The highest BCUT2D eigenvalue weighted by molar-refractivity contribution is 8.00. The zero-order valence-electron chi connectivity index (χ0n) is 10.1. The molecular weight excluding hydrogens is 258 g/mol. The number of hydrogen-bond acceptors (Lipinski definition) is 3. The first-order chi connectivity index (χ1) is 8.83. The van der Waals surface area contributed by atoms with E-state index in [-0.39, 0.29) is 0 Å². The Bertz CT molecular complexity index is 668. The third-order valence-corrected chi connectivity index (χ3v) is 5.02. The average Bonchev–Trinajstić information content (AvgIpc) is 2.82. The van der Waals surface area contributed by atoms with E-state index in [1.807, 2.05) is 18.7 Å². The molecule has 18 heavy (non-hydrogen) atoms. The van der Waals surface area contributed by atoms with Crippen LogP contribution >= 0.6 is 23.1 Å². The second-order valence-electron chi connectivity index (χ2n) is 4.18. The molecule has 3 aromatic rings. The van der Waals surface area contributed by atoms with Crippen LogP contribution in [0, 0.1) is 6.92 Å². The van der Waals surface area contributed by atoms with Gasteiger partial charge >= 0.3 is 0 Å². The first-order valence-electron chi connectivity index (χ1n) is 5.84. The largest absolute Gasteiger partial charge is 0.235 e. The lowest BCUT2D eigenvalue weighted by Gasteiger charge is -2.04. The van der Waals surface area contributed by atoms with Crippen molar-refractivity contribution in [3.63, 3.8) is 0 Å². The Morgan fingerprint density at radius 2 is 1.94 bits per heavy atom. The standard InChI is InChI=1S/C15H13NS2/c1-11-9-17-15(16-11)18-10-13-7-4-6-12-5-2-3-8-14(12)13/h2-9H,10H2,1H3. The molecule has 0 bridgehead atoms. The van der Waals surface area contributed by atoms with Crippen LogP contribution in [-0.4, -0.2) is 4.98 Å².